The Morgan fingerprint density at radius 1 is 1.33 bits per heavy atom. The molecule has 0 spiro atoms. The number of benzene rings is 1. The van der Waals surface area contributed by atoms with E-state index >= 15 is 0 Å². The van der Waals surface area contributed by atoms with Gasteiger partial charge in [-0.3, -0.25) is 4.98 Å². The van der Waals surface area contributed by atoms with Gasteiger partial charge in [-0.15, -0.1) is 0 Å². The van der Waals surface area contributed by atoms with E-state index in [1.165, 1.54) is 0 Å². The summed E-state index contributed by atoms with van der Waals surface area (Å²) in [4.78, 5) is 4.45. The molecule has 0 aliphatic carbocycles. The number of fused-ring (bicyclic) bond motifs is 1. The van der Waals surface area contributed by atoms with Crippen LogP contribution in [-0.2, 0) is 0 Å². The van der Waals surface area contributed by atoms with Crippen LogP contribution in [0.5, 0.6) is 11.5 Å². The predicted molar refractivity (Wildman–Crippen MR) is 87.5 cm³/mol. The number of ether oxygens (including phenoxy) is 2. The van der Waals surface area contributed by atoms with Crippen molar-refractivity contribution in [1.29, 1.82) is 0 Å². The number of aromatic nitrogens is 1. The number of pyridine rings is 1. The number of hydrogen-bond acceptors (Lipinski definition) is 4. The third kappa shape index (κ3) is 2.93. The molecule has 6 heteroatoms. The molecule has 0 amide bonds. The van der Waals surface area contributed by atoms with Crippen LogP contribution in [0.25, 0.3) is 0 Å². The molecule has 0 saturated heterocycles. The number of rotatable bonds is 2. The Bertz CT molecular complexity index is 679. The summed E-state index contributed by atoms with van der Waals surface area (Å²) in [5.41, 5.74) is 8.12. The first-order valence-electron chi connectivity index (χ1n) is 6.49. The van der Waals surface area contributed by atoms with Crippen LogP contribution in [0.15, 0.2) is 39.4 Å². The van der Waals surface area contributed by atoms with Gasteiger partial charge in [-0.05, 0) is 44.0 Å². The molecule has 2 aromatic rings. The molecule has 0 fully saturated rings. The first kappa shape index (κ1) is 14.8. The first-order valence-corrected chi connectivity index (χ1v) is 8.08. The van der Waals surface area contributed by atoms with Gasteiger partial charge in [-0.25, -0.2) is 0 Å². The van der Waals surface area contributed by atoms with Crippen LogP contribution < -0.4 is 15.2 Å². The van der Waals surface area contributed by atoms with Crippen molar-refractivity contribution in [2.75, 3.05) is 7.11 Å². The van der Waals surface area contributed by atoms with Gasteiger partial charge in [0.1, 0.15) is 17.6 Å². The van der Waals surface area contributed by atoms with Gasteiger partial charge in [0, 0.05) is 39.2 Å². The highest BCUT2D eigenvalue weighted by atomic mass is 79.9. The molecule has 4 nitrogen and oxygen atoms in total. The van der Waals surface area contributed by atoms with E-state index in [-0.39, 0.29) is 12.1 Å². The minimum absolute atomic E-state index is 0.0815. The van der Waals surface area contributed by atoms with Crippen molar-refractivity contribution in [3.05, 3.63) is 50.7 Å². The molecule has 1 aromatic carbocycles. The number of nitrogens with zero attached hydrogens (tertiary/aromatic N) is 1. The molecule has 21 heavy (non-hydrogen) atoms. The second kappa shape index (κ2) is 5.94. The molecule has 3 rings (SSSR count). The molecule has 2 atom stereocenters. The maximum Gasteiger partial charge on any atom is 0.143 e. The third-order valence-electron chi connectivity index (χ3n) is 3.50. The highest BCUT2D eigenvalue weighted by Crippen LogP contribution is 2.42. The largest absolute Gasteiger partial charge is 0.497 e. The highest BCUT2D eigenvalue weighted by molar-refractivity contribution is 9.11. The summed E-state index contributed by atoms with van der Waals surface area (Å²) >= 11 is 6.93. The molecule has 0 bridgehead atoms. The Morgan fingerprint density at radius 2 is 2.14 bits per heavy atom. The zero-order valence-electron chi connectivity index (χ0n) is 11.3. The Labute approximate surface area is 139 Å². The van der Waals surface area contributed by atoms with Crippen molar-refractivity contribution in [2.24, 2.45) is 5.73 Å². The average Bonchev–Trinajstić information content (AvgIpc) is 2.46. The Balaban J connectivity index is 1.96. The van der Waals surface area contributed by atoms with E-state index in [4.69, 9.17) is 15.2 Å². The fraction of sp³-hybridized carbons (Fsp3) is 0.267. The Hall–Kier alpha value is -1.11. The van der Waals surface area contributed by atoms with Crippen LogP contribution >= 0.6 is 31.9 Å². The number of methoxy groups -OCH3 is 1. The summed E-state index contributed by atoms with van der Waals surface area (Å²) in [5, 5.41) is 0. The number of halogens is 2. The molecular weight excluding hydrogens is 400 g/mol. The molecule has 2 heterocycles. The molecule has 110 valence electrons. The lowest BCUT2D eigenvalue weighted by Crippen LogP contribution is -2.25. The fourth-order valence-corrected chi connectivity index (χ4v) is 3.68. The summed E-state index contributed by atoms with van der Waals surface area (Å²) in [7, 11) is 1.63. The maximum atomic E-state index is 6.27. The van der Waals surface area contributed by atoms with Gasteiger partial charge in [0.05, 0.1) is 12.8 Å². The first-order chi connectivity index (χ1) is 10.1. The van der Waals surface area contributed by atoms with Crippen LogP contribution in [0, 0.1) is 0 Å². The minimum atomic E-state index is -0.179. The lowest BCUT2D eigenvalue weighted by atomic mass is 9.95. The molecule has 1 aromatic heterocycles. The highest BCUT2D eigenvalue weighted by Gasteiger charge is 2.29. The van der Waals surface area contributed by atoms with Crippen LogP contribution in [0.2, 0.25) is 0 Å². The van der Waals surface area contributed by atoms with Crippen molar-refractivity contribution in [3.8, 4) is 11.5 Å². The summed E-state index contributed by atoms with van der Waals surface area (Å²) in [6.07, 6.45) is 2.27. The quantitative estimate of drug-likeness (QED) is 0.803. The second-order valence-electron chi connectivity index (χ2n) is 4.87. The zero-order valence-corrected chi connectivity index (χ0v) is 14.5. The maximum absolute atomic E-state index is 6.27. The van der Waals surface area contributed by atoms with Crippen molar-refractivity contribution in [3.63, 3.8) is 0 Å². The predicted octanol–water partition coefficient (Wildman–Crippen LogP) is 4.14. The third-order valence-corrected chi connectivity index (χ3v) is 4.57. The van der Waals surface area contributed by atoms with Crippen molar-refractivity contribution in [1.82, 2.24) is 4.98 Å². The normalized spacial score (nSPS) is 20.6. The molecule has 1 aliphatic heterocycles. The lowest BCUT2D eigenvalue weighted by Gasteiger charge is -2.30. The standard InChI is InChI=1S/C15H14Br2N2O2/c1-20-9-2-3-10-12(18)6-14(21-13(10)5-9)15-11(17)4-8(16)7-19-15/h2-5,7,12,14H,6,18H2,1H3/t12-,14?/m1/s1. The van der Waals surface area contributed by atoms with Gasteiger partial charge in [0.2, 0.25) is 0 Å². The van der Waals surface area contributed by atoms with Crippen molar-refractivity contribution < 1.29 is 9.47 Å². The smallest absolute Gasteiger partial charge is 0.143 e. The molecule has 0 radical (unpaired) electrons. The second-order valence-corrected chi connectivity index (χ2v) is 6.64. The van der Waals surface area contributed by atoms with Crippen LogP contribution in [0.4, 0.5) is 0 Å². The molecular formula is C15H14Br2N2O2. The Morgan fingerprint density at radius 3 is 2.86 bits per heavy atom. The summed E-state index contributed by atoms with van der Waals surface area (Å²) < 4.78 is 13.1. The average molecular weight is 414 g/mol. The molecule has 2 N–H and O–H groups in total. The van der Waals surface area contributed by atoms with Gasteiger partial charge in [0.15, 0.2) is 0 Å². The monoisotopic (exact) mass is 412 g/mol. The SMILES string of the molecule is COc1ccc2c(c1)OC(c1ncc(Br)cc1Br)C[C@H]2N. The van der Waals surface area contributed by atoms with E-state index in [0.29, 0.717) is 6.42 Å². The molecule has 0 saturated carbocycles. The van der Waals surface area contributed by atoms with E-state index in [1.54, 1.807) is 13.3 Å². The van der Waals surface area contributed by atoms with Gasteiger partial charge in [-0.2, -0.15) is 0 Å². The number of hydrogen-bond donors (Lipinski definition) is 1. The van der Waals surface area contributed by atoms with Crippen LogP contribution in [0.3, 0.4) is 0 Å². The summed E-state index contributed by atoms with van der Waals surface area (Å²) in [6, 6.07) is 7.60. The molecule has 1 unspecified atom stereocenters. The van der Waals surface area contributed by atoms with E-state index in [9.17, 15) is 0 Å². The van der Waals surface area contributed by atoms with Crippen LogP contribution in [-0.4, -0.2) is 12.1 Å². The van der Waals surface area contributed by atoms with E-state index in [2.05, 4.69) is 36.8 Å². The van der Waals surface area contributed by atoms with E-state index in [0.717, 1.165) is 31.7 Å². The summed E-state index contributed by atoms with van der Waals surface area (Å²) in [6.45, 7) is 0. The van der Waals surface area contributed by atoms with Gasteiger partial charge in [0.25, 0.3) is 0 Å². The topological polar surface area (TPSA) is 57.4 Å². The van der Waals surface area contributed by atoms with Crippen LogP contribution in [0.1, 0.15) is 29.8 Å². The lowest BCUT2D eigenvalue weighted by molar-refractivity contribution is 0.156. The van der Waals surface area contributed by atoms with Gasteiger partial charge in [-0.1, -0.05) is 6.07 Å². The fourth-order valence-electron chi connectivity index (χ4n) is 2.44. The van der Waals surface area contributed by atoms with E-state index < -0.39 is 0 Å². The van der Waals surface area contributed by atoms with Gasteiger partial charge < -0.3 is 15.2 Å². The van der Waals surface area contributed by atoms with Crippen molar-refractivity contribution >= 4 is 31.9 Å². The van der Waals surface area contributed by atoms with Crippen molar-refractivity contribution in [2.45, 2.75) is 18.6 Å². The summed E-state index contributed by atoms with van der Waals surface area (Å²) in [5.74, 6) is 1.51. The zero-order chi connectivity index (χ0) is 15.0. The molecule has 1 aliphatic rings. The number of nitrogens with two attached hydrogens (primary N) is 1. The minimum Gasteiger partial charge on any atom is -0.497 e. The Kier molecular flexibility index (Phi) is 4.19. The van der Waals surface area contributed by atoms with Gasteiger partial charge >= 0.3 is 0 Å². The van der Waals surface area contributed by atoms with E-state index in [1.807, 2.05) is 24.3 Å².